The van der Waals surface area contributed by atoms with Crippen LogP contribution in [0.5, 0.6) is 5.75 Å². The van der Waals surface area contributed by atoms with Crippen LogP contribution in [0.4, 0.5) is 5.69 Å². The van der Waals surface area contributed by atoms with E-state index in [-0.39, 0.29) is 0 Å². The first-order chi connectivity index (χ1) is 7.66. The molecule has 0 unspecified atom stereocenters. The van der Waals surface area contributed by atoms with Crippen LogP contribution in [0, 0.1) is 6.92 Å². The molecule has 0 aliphatic heterocycles. The van der Waals surface area contributed by atoms with Crippen molar-refractivity contribution in [3.05, 3.63) is 42.0 Å². The molecule has 0 amide bonds. The van der Waals surface area contributed by atoms with Crippen molar-refractivity contribution in [2.75, 3.05) is 5.73 Å². The minimum absolute atomic E-state index is 0.465. The summed E-state index contributed by atoms with van der Waals surface area (Å²) in [4.78, 5) is 4.18. The van der Waals surface area contributed by atoms with Gasteiger partial charge in [-0.15, -0.1) is 0 Å². The molecule has 0 atom stereocenters. The summed E-state index contributed by atoms with van der Waals surface area (Å²) < 4.78 is 7.56. The van der Waals surface area contributed by atoms with Gasteiger partial charge in [0.25, 0.3) is 0 Å². The first kappa shape index (κ1) is 10.5. The number of nitrogen functional groups attached to an aromatic ring is 1. The number of aromatic nitrogens is 2. The van der Waals surface area contributed by atoms with Crippen molar-refractivity contribution in [2.24, 2.45) is 7.05 Å². The van der Waals surface area contributed by atoms with E-state index < -0.39 is 0 Å². The monoisotopic (exact) mass is 217 g/mol. The Balaban J connectivity index is 2.05. The van der Waals surface area contributed by atoms with Gasteiger partial charge in [-0.05, 0) is 30.7 Å². The Morgan fingerprint density at radius 3 is 2.88 bits per heavy atom. The highest BCUT2D eigenvalue weighted by Gasteiger charge is 2.01. The molecule has 2 rings (SSSR count). The average molecular weight is 217 g/mol. The molecule has 84 valence electrons. The zero-order chi connectivity index (χ0) is 11.5. The molecular formula is C12H15N3O. The van der Waals surface area contributed by atoms with Crippen LogP contribution in [-0.2, 0) is 13.7 Å². The molecule has 16 heavy (non-hydrogen) atoms. The SMILES string of the molecule is Cc1cc(OCc2nccn2C)ccc1N. The van der Waals surface area contributed by atoms with E-state index in [9.17, 15) is 0 Å². The van der Waals surface area contributed by atoms with Gasteiger partial charge < -0.3 is 15.0 Å². The fourth-order valence-corrected chi connectivity index (χ4v) is 1.42. The van der Waals surface area contributed by atoms with Gasteiger partial charge in [0.05, 0.1) is 0 Å². The lowest BCUT2D eigenvalue weighted by atomic mass is 10.2. The number of anilines is 1. The summed E-state index contributed by atoms with van der Waals surface area (Å²) in [5.74, 6) is 1.71. The van der Waals surface area contributed by atoms with Crippen LogP contribution in [0.3, 0.4) is 0 Å². The summed E-state index contributed by atoms with van der Waals surface area (Å²) in [6, 6.07) is 5.65. The first-order valence-electron chi connectivity index (χ1n) is 5.12. The van der Waals surface area contributed by atoms with Crippen LogP contribution in [0.2, 0.25) is 0 Å². The Kier molecular flexibility index (Phi) is 2.81. The van der Waals surface area contributed by atoms with E-state index in [1.165, 1.54) is 0 Å². The minimum Gasteiger partial charge on any atom is -0.486 e. The Bertz CT molecular complexity index is 491. The highest BCUT2D eigenvalue weighted by atomic mass is 16.5. The highest BCUT2D eigenvalue weighted by Crippen LogP contribution is 2.19. The molecule has 2 N–H and O–H groups in total. The first-order valence-corrected chi connectivity index (χ1v) is 5.12. The molecule has 2 aromatic rings. The molecule has 0 fully saturated rings. The molecule has 0 radical (unpaired) electrons. The lowest BCUT2D eigenvalue weighted by Gasteiger charge is -2.08. The summed E-state index contributed by atoms with van der Waals surface area (Å²) in [7, 11) is 1.94. The fourth-order valence-electron chi connectivity index (χ4n) is 1.42. The average Bonchev–Trinajstić information content (AvgIpc) is 2.66. The van der Waals surface area contributed by atoms with Crippen molar-refractivity contribution >= 4 is 5.69 Å². The molecule has 1 aromatic carbocycles. The standard InChI is InChI=1S/C12H15N3O/c1-9-7-10(3-4-11(9)13)16-8-12-14-5-6-15(12)2/h3-7H,8,13H2,1-2H3. The predicted octanol–water partition coefficient (Wildman–Crippen LogP) is 1.89. The summed E-state index contributed by atoms with van der Waals surface area (Å²) in [6.07, 6.45) is 3.65. The molecule has 4 nitrogen and oxygen atoms in total. The zero-order valence-electron chi connectivity index (χ0n) is 9.47. The van der Waals surface area contributed by atoms with E-state index >= 15 is 0 Å². The Morgan fingerprint density at radius 2 is 2.25 bits per heavy atom. The zero-order valence-corrected chi connectivity index (χ0v) is 9.47. The third kappa shape index (κ3) is 2.16. The lowest BCUT2D eigenvalue weighted by molar-refractivity contribution is 0.291. The lowest BCUT2D eigenvalue weighted by Crippen LogP contribution is -2.03. The van der Waals surface area contributed by atoms with Crippen LogP contribution >= 0.6 is 0 Å². The second-order valence-corrected chi connectivity index (χ2v) is 3.76. The number of benzene rings is 1. The van der Waals surface area contributed by atoms with Crippen LogP contribution in [0.15, 0.2) is 30.6 Å². The van der Waals surface area contributed by atoms with Crippen LogP contribution in [-0.4, -0.2) is 9.55 Å². The normalized spacial score (nSPS) is 10.4. The quantitative estimate of drug-likeness (QED) is 0.799. The van der Waals surface area contributed by atoms with Gasteiger partial charge in [0.15, 0.2) is 0 Å². The van der Waals surface area contributed by atoms with Crippen molar-refractivity contribution in [1.29, 1.82) is 0 Å². The summed E-state index contributed by atoms with van der Waals surface area (Å²) in [5, 5.41) is 0. The second kappa shape index (κ2) is 4.26. The molecule has 0 bridgehead atoms. The van der Waals surface area contributed by atoms with Crippen LogP contribution < -0.4 is 10.5 Å². The van der Waals surface area contributed by atoms with Crippen molar-refractivity contribution in [2.45, 2.75) is 13.5 Å². The molecule has 0 saturated heterocycles. The molecule has 4 heteroatoms. The van der Waals surface area contributed by atoms with E-state index in [4.69, 9.17) is 10.5 Å². The predicted molar refractivity (Wildman–Crippen MR) is 63.1 cm³/mol. The fraction of sp³-hybridized carbons (Fsp3) is 0.250. The van der Waals surface area contributed by atoms with Crippen molar-refractivity contribution in [3.63, 3.8) is 0 Å². The maximum absolute atomic E-state index is 5.73. The molecule has 0 aliphatic rings. The van der Waals surface area contributed by atoms with Crippen molar-refractivity contribution in [1.82, 2.24) is 9.55 Å². The van der Waals surface area contributed by atoms with Gasteiger partial charge in [0, 0.05) is 25.1 Å². The van der Waals surface area contributed by atoms with Gasteiger partial charge in [-0.25, -0.2) is 4.98 Å². The number of nitrogens with two attached hydrogens (primary N) is 1. The van der Waals surface area contributed by atoms with Gasteiger partial charge in [0.1, 0.15) is 18.2 Å². The molecular weight excluding hydrogens is 202 g/mol. The minimum atomic E-state index is 0.465. The molecule has 1 heterocycles. The van der Waals surface area contributed by atoms with E-state index in [2.05, 4.69) is 4.98 Å². The Labute approximate surface area is 94.7 Å². The van der Waals surface area contributed by atoms with E-state index in [0.717, 1.165) is 22.8 Å². The number of hydrogen-bond donors (Lipinski definition) is 1. The number of hydrogen-bond acceptors (Lipinski definition) is 3. The maximum Gasteiger partial charge on any atom is 0.146 e. The molecule has 0 spiro atoms. The van der Waals surface area contributed by atoms with Gasteiger partial charge in [-0.3, -0.25) is 0 Å². The molecule has 0 aliphatic carbocycles. The topological polar surface area (TPSA) is 53.1 Å². The number of aryl methyl sites for hydroxylation is 2. The van der Waals surface area contributed by atoms with Gasteiger partial charge in [0.2, 0.25) is 0 Å². The largest absolute Gasteiger partial charge is 0.486 e. The maximum atomic E-state index is 5.73. The number of rotatable bonds is 3. The van der Waals surface area contributed by atoms with Crippen molar-refractivity contribution < 1.29 is 4.74 Å². The molecule has 0 saturated carbocycles. The van der Waals surface area contributed by atoms with Gasteiger partial charge >= 0.3 is 0 Å². The third-order valence-electron chi connectivity index (χ3n) is 2.53. The van der Waals surface area contributed by atoms with Crippen molar-refractivity contribution in [3.8, 4) is 5.75 Å². The smallest absolute Gasteiger partial charge is 0.146 e. The van der Waals surface area contributed by atoms with E-state index in [0.29, 0.717) is 6.61 Å². The highest BCUT2D eigenvalue weighted by molar-refractivity contribution is 5.49. The van der Waals surface area contributed by atoms with E-state index in [1.807, 2.05) is 42.9 Å². The number of nitrogens with zero attached hydrogens (tertiary/aromatic N) is 2. The van der Waals surface area contributed by atoms with Crippen LogP contribution in [0.1, 0.15) is 11.4 Å². The van der Waals surface area contributed by atoms with Gasteiger partial charge in [-0.1, -0.05) is 0 Å². The van der Waals surface area contributed by atoms with E-state index in [1.54, 1.807) is 6.20 Å². The summed E-state index contributed by atoms with van der Waals surface area (Å²) in [5.41, 5.74) is 7.54. The van der Waals surface area contributed by atoms with Crippen LogP contribution in [0.25, 0.3) is 0 Å². The third-order valence-corrected chi connectivity index (χ3v) is 2.53. The number of imidazole rings is 1. The van der Waals surface area contributed by atoms with Gasteiger partial charge in [-0.2, -0.15) is 0 Å². The second-order valence-electron chi connectivity index (χ2n) is 3.76. The number of ether oxygens (including phenoxy) is 1. The Morgan fingerprint density at radius 1 is 1.44 bits per heavy atom. The Hall–Kier alpha value is -1.97. The molecule has 1 aromatic heterocycles. The summed E-state index contributed by atoms with van der Waals surface area (Å²) >= 11 is 0. The summed E-state index contributed by atoms with van der Waals surface area (Å²) in [6.45, 7) is 2.43.